The number of esters is 1. The minimum Gasteiger partial charge on any atom is -0.462 e. The summed E-state index contributed by atoms with van der Waals surface area (Å²) >= 11 is 0. The summed E-state index contributed by atoms with van der Waals surface area (Å²) in [6.45, 7) is 4.02. The van der Waals surface area contributed by atoms with E-state index in [1.54, 1.807) is 12.1 Å². The monoisotopic (exact) mass is 797 g/mol. The van der Waals surface area contributed by atoms with Crippen molar-refractivity contribution >= 4 is 23.4 Å². The lowest BCUT2D eigenvalue weighted by Crippen LogP contribution is -2.31. The lowest BCUT2D eigenvalue weighted by molar-refractivity contribution is -0.140. The first-order valence-corrected chi connectivity index (χ1v) is 20.2. The molecule has 308 valence electrons. The van der Waals surface area contributed by atoms with Crippen molar-refractivity contribution in [2.75, 3.05) is 6.61 Å². The average molecular weight is 798 g/mol. The molecule has 9 nitrogen and oxygen atoms in total. The molecule has 0 bridgehead atoms. The topological polar surface area (TPSA) is 115 Å². The highest BCUT2D eigenvalue weighted by Crippen LogP contribution is 2.35. The molecule has 14 heteroatoms. The maximum absolute atomic E-state index is 14.7. The molecule has 4 aromatic rings. The summed E-state index contributed by atoms with van der Waals surface area (Å²) in [6.07, 6.45) is 14.4. The van der Waals surface area contributed by atoms with Gasteiger partial charge in [0.15, 0.2) is 11.5 Å². The summed E-state index contributed by atoms with van der Waals surface area (Å²) in [4.78, 5) is 43.7. The number of carbonyl (C=O) groups is 3. The van der Waals surface area contributed by atoms with E-state index in [0.717, 1.165) is 58.8 Å². The van der Waals surface area contributed by atoms with Crippen LogP contribution in [0.1, 0.15) is 168 Å². The standard InChI is InChI=1S/C43H52F5N5O4/c1-3-4-5-6-7-8-9-10-11-12-13-14-15-16-23-57-42(56)31-18-19-32-30(28(31)2)20-22-36(32)52-41(55)38-25-37(51-39-35(45)27-50-53(38)39)40(54)49-26-29-17-21-34(44)33(24-29)43(46,47)48/h17-19,21,24-25,27,36H,3-16,20,22-23,26H2,1-2H3,(H,49,54)(H,52,55)/t36-/m0/s1. The number of nitrogens with zero attached hydrogens (tertiary/aromatic N) is 3. The van der Waals surface area contributed by atoms with Crippen LogP contribution < -0.4 is 10.6 Å². The van der Waals surface area contributed by atoms with Crippen molar-refractivity contribution < 1.29 is 41.1 Å². The Hall–Kier alpha value is -4.88. The highest BCUT2D eigenvalue weighted by molar-refractivity contribution is 5.98. The molecule has 0 radical (unpaired) electrons. The average Bonchev–Trinajstić information content (AvgIpc) is 3.78. The number of unbranched alkanes of at least 4 members (excludes halogenated alkanes) is 13. The van der Waals surface area contributed by atoms with Crippen LogP contribution in [0.2, 0.25) is 0 Å². The van der Waals surface area contributed by atoms with E-state index in [9.17, 15) is 36.3 Å². The number of alkyl halides is 3. The molecule has 2 aromatic carbocycles. The lowest BCUT2D eigenvalue weighted by Gasteiger charge is -2.17. The predicted octanol–water partition coefficient (Wildman–Crippen LogP) is 10.3. The van der Waals surface area contributed by atoms with Gasteiger partial charge in [-0.1, -0.05) is 103 Å². The zero-order valence-electron chi connectivity index (χ0n) is 32.7. The number of hydrogen-bond acceptors (Lipinski definition) is 6. The Morgan fingerprint density at radius 2 is 1.49 bits per heavy atom. The van der Waals surface area contributed by atoms with Crippen LogP contribution in [0, 0.1) is 18.6 Å². The Bertz CT molecular complexity index is 2010. The van der Waals surface area contributed by atoms with E-state index in [1.165, 1.54) is 70.6 Å². The van der Waals surface area contributed by atoms with Gasteiger partial charge in [-0.3, -0.25) is 9.59 Å². The van der Waals surface area contributed by atoms with E-state index in [-0.39, 0.29) is 22.9 Å². The number of halogens is 5. The lowest BCUT2D eigenvalue weighted by atomic mass is 9.98. The molecule has 1 atom stereocenters. The van der Waals surface area contributed by atoms with Gasteiger partial charge in [0.25, 0.3) is 11.8 Å². The molecule has 0 spiro atoms. The molecular formula is C43H52F5N5O4. The zero-order valence-corrected chi connectivity index (χ0v) is 32.7. The number of ether oxygens (including phenoxy) is 1. The number of aromatic nitrogens is 3. The smallest absolute Gasteiger partial charge is 0.419 e. The minimum absolute atomic E-state index is 0.0386. The van der Waals surface area contributed by atoms with Gasteiger partial charge in [0.2, 0.25) is 0 Å². The number of rotatable bonds is 21. The van der Waals surface area contributed by atoms with Gasteiger partial charge in [-0.25, -0.2) is 23.1 Å². The van der Waals surface area contributed by atoms with Crippen LogP contribution in [0.5, 0.6) is 0 Å². The number of carbonyl (C=O) groups excluding carboxylic acids is 3. The molecular weight excluding hydrogens is 745 g/mol. The summed E-state index contributed by atoms with van der Waals surface area (Å²) < 4.78 is 74.5. The molecule has 0 saturated heterocycles. The molecule has 2 aromatic heterocycles. The molecule has 57 heavy (non-hydrogen) atoms. The number of hydrogen-bond donors (Lipinski definition) is 2. The molecule has 5 rings (SSSR count). The molecule has 1 aliphatic rings. The fraction of sp³-hybridized carbons (Fsp3) is 0.512. The van der Waals surface area contributed by atoms with E-state index < -0.39 is 53.4 Å². The Labute approximate surface area is 330 Å². The van der Waals surface area contributed by atoms with Gasteiger partial charge in [0, 0.05) is 12.6 Å². The summed E-state index contributed by atoms with van der Waals surface area (Å²) in [7, 11) is 0. The summed E-state index contributed by atoms with van der Waals surface area (Å²) in [5, 5.41) is 9.21. The fourth-order valence-electron chi connectivity index (χ4n) is 7.41. The van der Waals surface area contributed by atoms with Gasteiger partial charge < -0.3 is 15.4 Å². The maximum atomic E-state index is 14.7. The highest BCUT2D eigenvalue weighted by atomic mass is 19.4. The van der Waals surface area contributed by atoms with Gasteiger partial charge in [-0.05, 0) is 66.6 Å². The first kappa shape index (κ1) is 43.2. The van der Waals surface area contributed by atoms with Crippen LogP contribution in [0.25, 0.3) is 5.65 Å². The van der Waals surface area contributed by atoms with Crippen LogP contribution in [0.3, 0.4) is 0 Å². The Balaban J connectivity index is 1.11. The molecule has 0 aliphatic heterocycles. The van der Waals surface area contributed by atoms with Crippen molar-refractivity contribution in [3.63, 3.8) is 0 Å². The highest BCUT2D eigenvalue weighted by Gasteiger charge is 2.34. The van der Waals surface area contributed by atoms with E-state index >= 15 is 0 Å². The van der Waals surface area contributed by atoms with Crippen molar-refractivity contribution in [2.24, 2.45) is 0 Å². The first-order chi connectivity index (χ1) is 27.4. The summed E-state index contributed by atoms with van der Waals surface area (Å²) in [5.74, 6) is -4.33. The van der Waals surface area contributed by atoms with Crippen molar-refractivity contribution in [3.05, 3.63) is 99.0 Å². The minimum atomic E-state index is -4.93. The molecule has 2 amide bonds. The second-order valence-electron chi connectivity index (χ2n) is 14.9. The van der Waals surface area contributed by atoms with Crippen molar-refractivity contribution in [2.45, 2.75) is 135 Å². The molecule has 2 N–H and O–H groups in total. The second-order valence-corrected chi connectivity index (χ2v) is 14.9. The van der Waals surface area contributed by atoms with E-state index in [4.69, 9.17) is 4.74 Å². The first-order valence-electron chi connectivity index (χ1n) is 20.2. The molecule has 0 unspecified atom stereocenters. The van der Waals surface area contributed by atoms with Crippen LogP contribution in [0.4, 0.5) is 22.0 Å². The number of benzene rings is 2. The largest absolute Gasteiger partial charge is 0.462 e. The Kier molecular flexibility index (Phi) is 15.6. The molecule has 1 aliphatic carbocycles. The zero-order chi connectivity index (χ0) is 41.0. The summed E-state index contributed by atoms with van der Waals surface area (Å²) in [5.41, 5.74) is 0.469. The van der Waals surface area contributed by atoms with Gasteiger partial charge >= 0.3 is 12.1 Å². The maximum Gasteiger partial charge on any atom is 0.419 e. The van der Waals surface area contributed by atoms with Gasteiger partial charge in [0.1, 0.15) is 17.2 Å². The SMILES string of the molecule is CCCCCCCCCCCCCCCCOC(=O)c1ccc2c(c1C)CC[C@@H]2NC(=O)c1cc(C(=O)NCc2ccc(F)c(C(F)(F)F)c2)nc2c(F)cnn12. The third kappa shape index (κ3) is 11.6. The van der Waals surface area contributed by atoms with Crippen molar-refractivity contribution in [1.82, 2.24) is 25.2 Å². The normalized spacial score (nSPS) is 13.8. The fourth-order valence-corrected chi connectivity index (χ4v) is 7.41. The Morgan fingerprint density at radius 3 is 2.14 bits per heavy atom. The third-order valence-electron chi connectivity index (χ3n) is 10.6. The predicted molar refractivity (Wildman–Crippen MR) is 206 cm³/mol. The van der Waals surface area contributed by atoms with E-state index in [1.807, 2.05) is 6.92 Å². The summed E-state index contributed by atoms with van der Waals surface area (Å²) in [6, 6.07) is 6.44. The van der Waals surface area contributed by atoms with Gasteiger partial charge in [-0.15, -0.1) is 0 Å². The third-order valence-corrected chi connectivity index (χ3v) is 10.6. The second kappa shape index (κ2) is 20.5. The molecule has 2 heterocycles. The Morgan fingerprint density at radius 1 is 0.842 bits per heavy atom. The number of nitrogens with one attached hydrogen (secondary N) is 2. The van der Waals surface area contributed by atoms with Crippen molar-refractivity contribution in [1.29, 1.82) is 0 Å². The van der Waals surface area contributed by atoms with Crippen LogP contribution >= 0.6 is 0 Å². The number of amides is 2. The quantitative estimate of drug-likeness (QED) is 0.0493. The number of fused-ring (bicyclic) bond motifs is 2. The van der Waals surface area contributed by atoms with E-state index in [0.29, 0.717) is 37.1 Å². The van der Waals surface area contributed by atoms with Crippen LogP contribution in [0.15, 0.2) is 42.6 Å². The van der Waals surface area contributed by atoms with E-state index in [2.05, 4.69) is 27.6 Å². The van der Waals surface area contributed by atoms with Crippen LogP contribution in [-0.2, 0) is 23.9 Å². The molecule has 0 fully saturated rings. The van der Waals surface area contributed by atoms with Gasteiger partial charge in [-0.2, -0.15) is 18.3 Å². The van der Waals surface area contributed by atoms with Crippen LogP contribution in [-0.4, -0.2) is 39.0 Å². The molecule has 0 saturated carbocycles. The van der Waals surface area contributed by atoms with Crippen molar-refractivity contribution in [3.8, 4) is 0 Å². The van der Waals surface area contributed by atoms with Gasteiger partial charge in [0.05, 0.1) is 30.0 Å².